The lowest BCUT2D eigenvalue weighted by atomic mass is 10.2. The summed E-state index contributed by atoms with van der Waals surface area (Å²) in [6.07, 6.45) is 3.61. The molecule has 1 aliphatic heterocycles. The van der Waals surface area contributed by atoms with Crippen LogP contribution in [0.2, 0.25) is 0 Å². The fourth-order valence-corrected chi connectivity index (χ4v) is 2.92. The third-order valence-corrected chi connectivity index (χ3v) is 4.07. The van der Waals surface area contributed by atoms with E-state index in [1.807, 2.05) is 6.07 Å². The number of rotatable bonds is 7. The smallest absolute Gasteiger partial charge is 0.223 e. The van der Waals surface area contributed by atoms with Crippen molar-refractivity contribution in [2.24, 2.45) is 0 Å². The summed E-state index contributed by atoms with van der Waals surface area (Å²) in [4.78, 5) is 13.3. The van der Waals surface area contributed by atoms with Gasteiger partial charge in [0.1, 0.15) is 11.6 Å². The third-order valence-electron chi connectivity index (χ3n) is 4.07. The molecule has 2 heterocycles. The zero-order chi connectivity index (χ0) is 15.2. The van der Waals surface area contributed by atoms with Gasteiger partial charge in [-0.05, 0) is 32.4 Å². The molecule has 21 heavy (non-hydrogen) atoms. The lowest BCUT2D eigenvalue weighted by molar-refractivity contribution is 0.270. The van der Waals surface area contributed by atoms with Crippen LogP contribution < -0.4 is 16.0 Å². The summed E-state index contributed by atoms with van der Waals surface area (Å²) in [6.45, 7) is 8.57. The predicted molar refractivity (Wildman–Crippen MR) is 88.8 cm³/mol. The van der Waals surface area contributed by atoms with Crippen molar-refractivity contribution in [2.75, 3.05) is 49.2 Å². The van der Waals surface area contributed by atoms with Gasteiger partial charge in [0, 0.05) is 32.2 Å². The molecule has 1 fully saturated rings. The molecule has 0 aromatic carbocycles. The first kappa shape index (κ1) is 15.8. The van der Waals surface area contributed by atoms with Crippen LogP contribution in [0.4, 0.5) is 17.6 Å². The second kappa shape index (κ2) is 7.45. The van der Waals surface area contributed by atoms with Gasteiger partial charge in [0.15, 0.2) is 0 Å². The maximum absolute atomic E-state index is 5.83. The molecule has 1 aromatic heterocycles. The van der Waals surface area contributed by atoms with Gasteiger partial charge in [-0.2, -0.15) is 9.97 Å². The van der Waals surface area contributed by atoms with Crippen LogP contribution in [0.5, 0.6) is 0 Å². The summed E-state index contributed by atoms with van der Waals surface area (Å²) in [5, 5.41) is 3.28. The van der Waals surface area contributed by atoms with Crippen LogP contribution in [0.1, 0.15) is 33.1 Å². The fourth-order valence-electron chi connectivity index (χ4n) is 2.92. The minimum atomic E-state index is 0.330. The van der Waals surface area contributed by atoms with E-state index in [1.54, 1.807) is 0 Å². The first-order chi connectivity index (χ1) is 10.1. The Hall–Kier alpha value is -1.56. The van der Waals surface area contributed by atoms with Crippen molar-refractivity contribution in [3.8, 4) is 0 Å². The Morgan fingerprint density at radius 2 is 2.24 bits per heavy atom. The quantitative estimate of drug-likeness (QED) is 0.798. The van der Waals surface area contributed by atoms with Gasteiger partial charge in [0.25, 0.3) is 0 Å². The maximum Gasteiger partial charge on any atom is 0.223 e. The van der Waals surface area contributed by atoms with Crippen LogP contribution in [-0.4, -0.2) is 54.1 Å². The molecule has 1 aliphatic rings. The van der Waals surface area contributed by atoms with E-state index in [-0.39, 0.29) is 0 Å². The van der Waals surface area contributed by atoms with Gasteiger partial charge in [-0.1, -0.05) is 13.8 Å². The van der Waals surface area contributed by atoms with Gasteiger partial charge in [-0.3, -0.25) is 4.90 Å². The van der Waals surface area contributed by atoms with Gasteiger partial charge in [0.2, 0.25) is 5.95 Å². The van der Waals surface area contributed by atoms with E-state index in [9.17, 15) is 0 Å². The number of nitrogen functional groups attached to an aromatic ring is 1. The van der Waals surface area contributed by atoms with Crippen LogP contribution in [0.15, 0.2) is 6.07 Å². The van der Waals surface area contributed by atoms with Gasteiger partial charge < -0.3 is 16.0 Å². The van der Waals surface area contributed by atoms with Crippen molar-refractivity contribution in [3.05, 3.63) is 6.07 Å². The Morgan fingerprint density at radius 1 is 1.43 bits per heavy atom. The highest BCUT2D eigenvalue weighted by molar-refractivity contribution is 5.52. The van der Waals surface area contributed by atoms with E-state index in [0.717, 1.165) is 37.7 Å². The molecule has 6 nitrogen and oxygen atoms in total. The number of nitrogens with two attached hydrogens (primary N) is 1. The largest absolute Gasteiger partial charge is 0.370 e. The molecular formula is C15H28N6. The van der Waals surface area contributed by atoms with Crippen molar-refractivity contribution in [1.82, 2.24) is 14.9 Å². The first-order valence-corrected chi connectivity index (χ1v) is 7.97. The number of anilines is 3. The Morgan fingerprint density at radius 3 is 2.95 bits per heavy atom. The molecular weight excluding hydrogens is 264 g/mol. The van der Waals surface area contributed by atoms with Crippen LogP contribution in [0.25, 0.3) is 0 Å². The van der Waals surface area contributed by atoms with E-state index in [1.165, 1.54) is 19.4 Å². The fraction of sp³-hybridized carbons (Fsp3) is 0.733. The monoisotopic (exact) mass is 292 g/mol. The zero-order valence-electron chi connectivity index (χ0n) is 13.5. The predicted octanol–water partition coefficient (Wildman–Crippen LogP) is 1.80. The Labute approximate surface area is 127 Å². The number of aromatic nitrogens is 2. The van der Waals surface area contributed by atoms with Gasteiger partial charge in [0.05, 0.1) is 0 Å². The normalized spacial score (nSPS) is 18.9. The minimum Gasteiger partial charge on any atom is -0.370 e. The van der Waals surface area contributed by atoms with E-state index in [4.69, 9.17) is 5.73 Å². The van der Waals surface area contributed by atoms with Crippen LogP contribution in [0, 0.1) is 0 Å². The van der Waals surface area contributed by atoms with Crippen LogP contribution in [-0.2, 0) is 0 Å². The second-order valence-electron chi connectivity index (χ2n) is 5.70. The zero-order valence-corrected chi connectivity index (χ0v) is 13.5. The molecule has 6 heteroatoms. The van der Waals surface area contributed by atoms with Crippen molar-refractivity contribution >= 4 is 17.6 Å². The summed E-state index contributed by atoms with van der Waals surface area (Å²) in [5.41, 5.74) is 5.83. The number of nitrogens with zero attached hydrogens (tertiary/aromatic N) is 4. The molecule has 0 radical (unpaired) electrons. The van der Waals surface area contributed by atoms with Crippen molar-refractivity contribution in [1.29, 1.82) is 0 Å². The molecule has 0 amide bonds. The Kier molecular flexibility index (Phi) is 5.61. The van der Waals surface area contributed by atoms with Gasteiger partial charge in [-0.15, -0.1) is 0 Å². The molecule has 0 spiro atoms. The summed E-state index contributed by atoms with van der Waals surface area (Å²) in [6, 6.07) is 2.60. The highest BCUT2D eigenvalue weighted by atomic mass is 15.3. The maximum atomic E-state index is 5.83. The van der Waals surface area contributed by atoms with E-state index in [2.05, 4.69) is 46.0 Å². The van der Waals surface area contributed by atoms with E-state index >= 15 is 0 Å². The summed E-state index contributed by atoms with van der Waals surface area (Å²) >= 11 is 0. The average molecular weight is 292 g/mol. The van der Waals surface area contributed by atoms with E-state index in [0.29, 0.717) is 12.0 Å². The lowest BCUT2D eigenvalue weighted by Gasteiger charge is -2.28. The average Bonchev–Trinajstić information content (AvgIpc) is 2.91. The molecule has 118 valence electrons. The third kappa shape index (κ3) is 4.20. The number of likely N-dealkylation sites (tertiary alicyclic amines) is 1. The number of likely N-dealkylation sites (N-methyl/N-ethyl adjacent to an activating group) is 2. The molecule has 2 rings (SSSR count). The van der Waals surface area contributed by atoms with Crippen molar-refractivity contribution < 1.29 is 0 Å². The molecule has 1 aromatic rings. The SMILES string of the molecule is CCCNc1cc(N(C)CC2CCCN2CC)nc(N)n1. The summed E-state index contributed by atoms with van der Waals surface area (Å²) < 4.78 is 0. The van der Waals surface area contributed by atoms with Crippen molar-refractivity contribution in [2.45, 2.75) is 39.2 Å². The number of hydrogen-bond donors (Lipinski definition) is 2. The van der Waals surface area contributed by atoms with E-state index < -0.39 is 0 Å². The molecule has 0 saturated carbocycles. The molecule has 1 atom stereocenters. The Bertz CT molecular complexity index is 450. The number of hydrogen-bond acceptors (Lipinski definition) is 6. The molecule has 3 N–H and O–H groups in total. The van der Waals surface area contributed by atoms with Crippen molar-refractivity contribution in [3.63, 3.8) is 0 Å². The molecule has 1 unspecified atom stereocenters. The Balaban J connectivity index is 2.04. The molecule has 0 bridgehead atoms. The van der Waals surface area contributed by atoms with Gasteiger partial charge in [-0.25, -0.2) is 0 Å². The van der Waals surface area contributed by atoms with Gasteiger partial charge >= 0.3 is 0 Å². The topological polar surface area (TPSA) is 70.3 Å². The second-order valence-corrected chi connectivity index (χ2v) is 5.70. The summed E-state index contributed by atoms with van der Waals surface area (Å²) in [7, 11) is 2.08. The van der Waals surface area contributed by atoms with Crippen LogP contribution >= 0.6 is 0 Å². The highest BCUT2D eigenvalue weighted by Gasteiger charge is 2.24. The standard InChI is InChI=1S/C15H28N6/c1-4-8-17-13-10-14(19-15(16)18-13)20(3)11-12-7-6-9-21(12)5-2/h10,12H,4-9,11H2,1-3H3,(H3,16,17,18,19). The number of nitrogens with one attached hydrogen (secondary N) is 1. The minimum absolute atomic E-state index is 0.330. The molecule has 0 aliphatic carbocycles. The summed E-state index contributed by atoms with van der Waals surface area (Å²) in [5.74, 6) is 2.03. The molecule has 1 saturated heterocycles. The first-order valence-electron chi connectivity index (χ1n) is 7.97. The van der Waals surface area contributed by atoms with Crippen LogP contribution in [0.3, 0.4) is 0 Å². The highest BCUT2D eigenvalue weighted by Crippen LogP contribution is 2.21. The lowest BCUT2D eigenvalue weighted by Crippen LogP contribution is -2.39.